The lowest BCUT2D eigenvalue weighted by Gasteiger charge is -2.38. The molecule has 79 heavy (non-hydrogen) atoms. The van der Waals surface area contributed by atoms with Gasteiger partial charge in [-0.25, -0.2) is 0 Å². The predicted molar refractivity (Wildman–Crippen MR) is 331 cm³/mol. The van der Waals surface area contributed by atoms with Crippen molar-refractivity contribution in [3.63, 3.8) is 0 Å². The van der Waals surface area contributed by atoms with Crippen LogP contribution in [0.2, 0.25) is 41.4 Å². The number of nitrogens with zero attached hydrogens (tertiary/aromatic N) is 2. The first-order valence-corrected chi connectivity index (χ1v) is 34.5. The number of H-pyrrole nitrogens is 2. The monoisotopic (exact) mass is 1230 g/mol. The van der Waals surface area contributed by atoms with Gasteiger partial charge in [-0.05, 0) is 84.8 Å². The maximum atomic E-state index is 13.4. The van der Waals surface area contributed by atoms with Crippen LogP contribution in [0.5, 0.6) is 0 Å². The van der Waals surface area contributed by atoms with E-state index in [-0.39, 0.29) is 51.8 Å². The van der Waals surface area contributed by atoms with E-state index in [1.54, 1.807) is 6.20 Å². The number of fused-ring (bicyclic) bond motifs is 12. The number of para-hydroxylation sites is 2. The highest BCUT2D eigenvalue weighted by atomic mass is 79.9. The third-order valence-corrected chi connectivity index (χ3v) is 27.9. The molecule has 404 valence electrons. The highest BCUT2D eigenvalue weighted by Gasteiger charge is 2.44. The van der Waals surface area contributed by atoms with E-state index in [0.29, 0.717) is 33.0 Å². The second kappa shape index (κ2) is 19.0. The fraction of sp³-hybridized carbons (Fsp3) is 0.290. The van der Waals surface area contributed by atoms with Crippen molar-refractivity contribution in [1.29, 1.82) is 0 Å². The lowest BCUT2D eigenvalue weighted by Crippen LogP contribution is -2.43. The van der Waals surface area contributed by atoms with Crippen LogP contribution < -0.4 is 10.6 Å². The number of nitrogens with one attached hydrogen (secondary N) is 4. The van der Waals surface area contributed by atoms with E-state index in [4.69, 9.17) is 20.5 Å². The second-order valence-electron chi connectivity index (χ2n) is 24.4. The number of imide groups is 2. The number of carbonyl (C=O) groups is 4. The van der Waals surface area contributed by atoms with Crippen molar-refractivity contribution in [3.05, 3.63) is 152 Å². The minimum Gasteiger partial charge on any atom is -0.410 e. The van der Waals surface area contributed by atoms with Gasteiger partial charge in [-0.1, -0.05) is 146 Å². The summed E-state index contributed by atoms with van der Waals surface area (Å²) in [4.78, 5) is 60.1. The fourth-order valence-corrected chi connectivity index (χ4v) is 15.4. The Bertz CT molecular complexity index is 4240. The third-order valence-electron chi connectivity index (χ3n) is 17.5. The van der Waals surface area contributed by atoms with Gasteiger partial charge in [-0.3, -0.25) is 29.8 Å². The standard InChI is InChI=1S/C31H31BrClN3O3Si.C31H30BrN3O3Si/c1-31(2,3)40(4,5)39-19-12-11-18(15-19)36-24-13-10-17(32)14-21(24)25(28(36)33)27-26(29(37)35-30(27)38)22-16-34-23-9-7-6-8-20(22)23;1-31(2,3)39(4,5)38-18-12-11-17(15-18)35-22-13-10-16(32)14-20(22)24-26-25(29(36)34-30(26)37)23-19-8-6-7-9-21(19)33-27(23)28(24)35/h6-14,16,18-19,34H,15H2,1-5H3,(H,35,37,38);6-14,17-18,33H,15H2,1-5H3,(H,34,36,37)/t18-,19+;17-,18+/m00/s1. The summed E-state index contributed by atoms with van der Waals surface area (Å²) in [5.74, 6) is -1.56. The summed E-state index contributed by atoms with van der Waals surface area (Å²) in [6.45, 7) is 22.6. The van der Waals surface area contributed by atoms with Gasteiger partial charge in [0.25, 0.3) is 23.6 Å². The number of halogens is 3. The van der Waals surface area contributed by atoms with Gasteiger partial charge < -0.3 is 28.0 Å². The number of benzene rings is 5. The summed E-state index contributed by atoms with van der Waals surface area (Å²) in [5, 5.41) is 10.9. The molecule has 0 radical (unpaired) electrons. The van der Waals surface area contributed by atoms with Crippen LogP contribution in [0.1, 0.15) is 98.3 Å². The Morgan fingerprint density at radius 1 is 0.570 bits per heavy atom. The number of rotatable bonds is 8. The number of aromatic amines is 2. The first-order valence-electron chi connectivity index (χ1n) is 26.8. The van der Waals surface area contributed by atoms with Gasteiger partial charge in [-0.2, -0.15) is 0 Å². The van der Waals surface area contributed by atoms with E-state index < -0.39 is 28.4 Å². The van der Waals surface area contributed by atoms with Crippen LogP contribution in [-0.4, -0.2) is 71.6 Å². The average molecular weight is 1240 g/mol. The molecule has 17 heteroatoms. The zero-order valence-corrected chi connectivity index (χ0v) is 51.6. The Balaban J connectivity index is 0.000000158. The molecule has 6 heterocycles. The topological polar surface area (TPSA) is 152 Å². The number of hydrogen-bond donors (Lipinski definition) is 4. The van der Waals surface area contributed by atoms with Crippen LogP contribution in [0.4, 0.5) is 0 Å². The van der Waals surface area contributed by atoms with Crippen LogP contribution in [0.3, 0.4) is 0 Å². The van der Waals surface area contributed by atoms with Crippen molar-refractivity contribution >= 4 is 160 Å². The van der Waals surface area contributed by atoms with Gasteiger partial charge in [-0.15, -0.1) is 0 Å². The number of amides is 4. The molecule has 0 saturated heterocycles. The summed E-state index contributed by atoms with van der Waals surface area (Å²) in [7, 11) is -3.93. The summed E-state index contributed by atoms with van der Waals surface area (Å²) < 4.78 is 19.7. The van der Waals surface area contributed by atoms with E-state index >= 15 is 0 Å². The van der Waals surface area contributed by atoms with Crippen LogP contribution in [0.15, 0.2) is 124 Å². The zero-order chi connectivity index (χ0) is 56.0. The summed E-state index contributed by atoms with van der Waals surface area (Å²) in [5.41, 5.74) is 8.33. The Labute approximate surface area is 481 Å². The quantitative estimate of drug-likeness (QED) is 0.0675. The summed E-state index contributed by atoms with van der Waals surface area (Å²) in [6, 6.07) is 27.8. The molecule has 0 unspecified atom stereocenters. The van der Waals surface area contributed by atoms with E-state index in [1.807, 2.05) is 72.8 Å². The first-order chi connectivity index (χ1) is 37.3. The van der Waals surface area contributed by atoms with E-state index in [2.05, 4.69) is 166 Å². The minimum atomic E-state index is -1.97. The molecule has 4 atom stereocenters. The molecule has 9 aromatic rings. The van der Waals surface area contributed by atoms with Gasteiger partial charge in [0.05, 0.1) is 63.1 Å². The Morgan fingerprint density at radius 3 is 1.68 bits per heavy atom. The second-order valence-corrected chi connectivity index (χ2v) is 36.1. The molecule has 5 aromatic carbocycles. The molecule has 2 aliphatic heterocycles. The van der Waals surface area contributed by atoms with E-state index in [1.165, 1.54) is 0 Å². The molecule has 2 aliphatic carbocycles. The van der Waals surface area contributed by atoms with Crippen molar-refractivity contribution in [2.75, 3.05) is 0 Å². The zero-order valence-electron chi connectivity index (χ0n) is 45.7. The molecule has 0 fully saturated rings. The largest absolute Gasteiger partial charge is 0.410 e. The summed E-state index contributed by atoms with van der Waals surface area (Å²) in [6.07, 6.45) is 12.1. The Hall–Kier alpha value is -6.12. The van der Waals surface area contributed by atoms with Gasteiger partial charge >= 0.3 is 0 Å². The summed E-state index contributed by atoms with van der Waals surface area (Å²) >= 11 is 14.5. The molecule has 0 bridgehead atoms. The maximum Gasteiger partial charge on any atom is 0.259 e. The molecule has 0 saturated carbocycles. The van der Waals surface area contributed by atoms with Crippen LogP contribution in [0, 0.1) is 0 Å². The highest BCUT2D eigenvalue weighted by Crippen LogP contribution is 2.49. The minimum absolute atomic E-state index is 0.0179. The van der Waals surface area contributed by atoms with Crippen molar-refractivity contribution in [2.45, 2.75) is 115 Å². The van der Waals surface area contributed by atoms with Gasteiger partial charge in [0.1, 0.15) is 5.15 Å². The molecule has 12 nitrogen and oxygen atoms in total. The lowest BCUT2D eigenvalue weighted by molar-refractivity contribution is -0.122. The molecule has 4 aliphatic rings. The molecule has 4 N–H and O–H groups in total. The molecular formula is C62H61Br2ClN6O6Si2. The number of hydrogen-bond acceptors (Lipinski definition) is 6. The number of allylic oxidation sites excluding steroid dienone is 2. The highest BCUT2D eigenvalue weighted by molar-refractivity contribution is 9.10. The molecular weight excluding hydrogens is 1180 g/mol. The molecule has 4 amide bonds. The van der Waals surface area contributed by atoms with Gasteiger partial charge in [0.2, 0.25) is 0 Å². The predicted octanol–water partition coefficient (Wildman–Crippen LogP) is 16.0. The lowest BCUT2D eigenvalue weighted by atomic mass is 9.95. The van der Waals surface area contributed by atoms with Crippen LogP contribution in [0.25, 0.3) is 76.6 Å². The number of aromatic nitrogens is 4. The van der Waals surface area contributed by atoms with Gasteiger partial charge in [0, 0.05) is 88.0 Å². The Morgan fingerprint density at radius 2 is 1.08 bits per heavy atom. The van der Waals surface area contributed by atoms with Crippen molar-refractivity contribution in [1.82, 2.24) is 29.7 Å². The van der Waals surface area contributed by atoms with Crippen molar-refractivity contribution in [2.24, 2.45) is 0 Å². The van der Waals surface area contributed by atoms with Crippen molar-refractivity contribution in [3.8, 4) is 0 Å². The third kappa shape index (κ3) is 8.70. The van der Waals surface area contributed by atoms with Crippen LogP contribution >= 0.6 is 43.5 Å². The van der Waals surface area contributed by atoms with Gasteiger partial charge in [0.15, 0.2) is 16.6 Å². The SMILES string of the molecule is CC(C)(C)[Si](C)(C)O[C@@H]1C=C[C@H](n2c(Cl)c(C3=C(c4c[nH]c5ccccc45)C(=O)NC3=O)c3cc(Br)ccc32)C1.CC(C)(C)[Si](C)(C)O[C@@H]1C=C[C@H](n2c3ccc(Br)cc3c3c4c(c5c6ccccc6[nH]c5c32)C(=O)NC4=O)C1. The Kier molecular flexibility index (Phi) is 12.9. The molecule has 13 rings (SSSR count). The van der Waals surface area contributed by atoms with Crippen molar-refractivity contribution < 1.29 is 28.0 Å². The molecule has 0 spiro atoms. The average Bonchev–Trinajstić information content (AvgIpc) is 2.60. The first kappa shape index (κ1) is 53.5. The van der Waals surface area contributed by atoms with E-state index in [9.17, 15) is 19.2 Å². The molecule has 4 aromatic heterocycles. The maximum absolute atomic E-state index is 13.4. The van der Waals surface area contributed by atoms with E-state index in [0.717, 1.165) is 87.2 Å². The fourth-order valence-electron chi connectivity index (χ4n) is 11.7. The number of carbonyl (C=O) groups excluding carboxylic acids is 4. The smallest absolute Gasteiger partial charge is 0.259 e. The van der Waals surface area contributed by atoms with Crippen LogP contribution in [-0.2, 0) is 18.4 Å². The normalized spacial score (nSPS) is 19.9.